The van der Waals surface area contributed by atoms with E-state index in [9.17, 15) is 19.1 Å². The molecular weight excluding hydrogens is 275 g/mol. The number of hydrogen-bond acceptors (Lipinski definition) is 3. The van der Waals surface area contributed by atoms with Gasteiger partial charge in [-0.2, -0.15) is 0 Å². The number of carboxylic acids is 1. The van der Waals surface area contributed by atoms with Crippen LogP contribution in [-0.4, -0.2) is 23.7 Å². The number of carboxylic acid groups (broad SMARTS) is 1. The van der Waals surface area contributed by atoms with Gasteiger partial charge in [0, 0.05) is 12.0 Å². The van der Waals surface area contributed by atoms with Gasteiger partial charge in [0.15, 0.2) is 5.41 Å². The molecule has 4 nitrogen and oxygen atoms in total. The molecule has 1 unspecified atom stereocenters. The lowest BCUT2D eigenvalue weighted by atomic mass is 9.76. The molecule has 1 rings (SSSR count). The maximum atomic E-state index is 14.0. The van der Waals surface area contributed by atoms with Crippen LogP contribution in [0.25, 0.3) is 0 Å². The molecule has 0 saturated heterocycles. The Balaban J connectivity index is 3.42. The Labute approximate surface area is 122 Å². The van der Waals surface area contributed by atoms with Gasteiger partial charge in [-0.3, -0.25) is 9.59 Å². The third-order valence-electron chi connectivity index (χ3n) is 3.12. The first kappa shape index (κ1) is 16.7. The number of ether oxygens (including phenoxy) is 1. The van der Waals surface area contributed by atoms with Crippen LogP contribution in [0.1, 0.15) is 32.3 Å². The molecule has 0 radical (unpaired) electrons. The zero-order valence-electron chi connectivity index (χ0n) is 12.0. The summed E-state index contributed by atoms with van der Waals surface area (Å²) >= 11 is 0. The van der Waals surface area contributed by atoms with Crippen molar-refractivity contribution >= 4 is 11.9 Å². The highest BCUT2D eigenvalue weighted by molar-refractivity contribution is 6.05. The number of carbonyl (C=O) groups excluding carboxylic acids is 1. The Morgan fingerprint density at radius 1 is 1.38 bits per heavy atom. The lowest BCUT2D eigenvalue weighted by Gasteiger charge is -2.27. The highest BCUT2D eigenvalue weighted by atomic mass is 19.1. The van der Waals surface area contributed by atoms with Crippen LogP contribution in [-0.2, 0) is 19.7 Å². The predicted octanol–water partition coefficient (Wildman–Crippen LogP) is 2.51. The molecule has 1 N–H and O–H groups in total. The van der Waals surface area contributed by atoms with Gasteiger partial charge in [-0.05, 0) is 26.3 Å². The van der Waals surface area contributed by atoms with Gasteiger partial charge in [-0.25, -0.2) is 4.39 Å². The van der Waals surface area contributed by atoms with Gasteiger partial charge < -0.3 is 9.84 Å². The Hall–Kier alpha value is -2.35. The van der Waals surface area contributed by atoms with Crippen LogP contribution in [0.5, 0.6) is 0 Å². The van der Waals surface area contributed by atoms with Gasteiger partial charge >= 0.3 is 11.9 Å². The quantitative estimate of drug-likeness (QED) is 0.497. The number of esters is 1. The number of aliphatic carboxylic acids is 1. The first-order valence-electron chi connectivity index (χ1n) is 6.56. The van der Waals surface area contributed by atoms with Crippen LogP contribution in [0.2, 0.25) is 0 Å². The fourth-order valence-corrected chi connectivity index (χ4v) is 2.09. The Morgan fingerprint density at radius 3 is 2.57 bits per heavy atom. The van der Waals surface area contributed by atoms with Crippen LogP contribution in [0.4, 0.5) is 4.39 Å². The number of hydrogen-bond donors (Lipinski definition) is 1. The summed E-state index contributed by atoms with van der Waals surface area (Å²) in [5.41, 5.74) is -2.28. The third kappa shape index (κ3) is 3.40. The van der Waals surface area contributed by atoms with Crippen molar-refractivity contribution in [2.75, 3.05) is 6.61 Å². The molecule has 1 aromatic rings. The third-order valence-corrected chi connectivity index (χ3v) is 3.12. The lowest BCUT2D eigenvalue weighted by Crippen LogP contribution is -2.45. The zero-order valence-corrected chi connectivity index (χ0v) is 12.0. The maximum absolute atomic E-state index is 14.0. The van der Waals surface area contributed by atoms with Gasteiger partial charge in [-0.15, -0.1) is 11.8 Å². The van der Waals surface area contributed by atoms with E-state index < -0.39 is 23.2 Å². The minimum absolute atomic E-state index is 0.0156. The molecule has 0 amide bonds. The summed E-state index contributed by atoms with van der Waals surface area (Å²) in [6, 6.07) is 5.33. The molecule has 112 valence electrons. The average Bonchev–Trinajstić information content (AvgIpc) is 2.44. The van der Waals surface area contributed by atoms with E-state index in [0.29, 0.717) is 0 Å². The fraction of sp³-hybridized carbons (Fsp3) is 0.375. The molecule has 21 heavy (non-hydrogen) atoms. The summed E-state index contributed by atoms with van der Waals surface area (Å²) in [6.07, 6.45) is -0.00110. The fourth-order valence-electron chi connectivity index (χ4n) is 2.09. The van der Waals surface area contributed by atoms with Crippen molar-refractivity contribution in [3.63, 3.8) is 0 Å². The first-order chi connectivity index (χ1) is 10.0. The summed E-state index contributed by atoms with van der Waals surface area (Å²) < 4.78 is 18.9. The lowest BCUT2D eigenvalue weighted by molar-refractivity contribution is -0.162. The largest absolute Gasteiger partial charge is 0.480 e. The van der Waals surface area contributed by atoms with Crippen LogP contribution in [0, 0.1) is 17.7 Å². The molecule has 0 aliphatic carbocycles. The molecule has 0 heterocycles. The van der Waals surface area contributed by atoms with E-state index in [2.05, 4.69) is 11.8 Å². The monoisotopic (exact) mass is 292 g/mol. The second-order valence-corrected chi connectivity index (χ2v) is 4.34. The molecule has 1 aromatic carbocycles. The van der Waals surface area contributed by atoms with Crippen LogP contribution < -0.4 is 0 Å². The average molecular weight is 292 g/mol. The van der Waals surface area contributed by atoms with Crippen molar-refractivity contribution in [3.8, 4) is 11.8 Å². The Kier molecular flexibility index (Phi) is 5.92. The standard InChI is InChI=1S/C16H17FO4/c1-3-5-8-11-16(14(18)19,15(20)21-4-2)12-9-6-7-10-13(12)17/h6-7,9-10H,4,8,11H2,1-2H3,(H,18,19). The summed E-state index contributed by atoms with van der Waals surface area (Å²) in [5, 5.41) is 9.58. The van der Waals surface area contributed by atoms with Crippen LogP contribution >= 0.6 is 0 Å². The molecule has 0 aliphatic rings. The SMILES string of the molecule is CC#CCCC(C(=O)O)(C(=O)OCC)c1ccccc1F. The van der Waals surface area contributed by atoms with Crippen molar-refractivity contribution in [1.82, 2.24) is 0 Å². The van der Waals surface area contributed by atoms with E-state index in [-0.39, 0.29) is 25.0 Å². The van der Waals surface area contributed by atoms with Crippen molar-refractivity contribution in [1.29, 1.82) is 0 Å². The first-order valence-corrected chi connectivity index (χ1v) is 6.56. The zero-order chi connectivity index (χ0) is 15.9. The molecule has 0 bridgehead atoms. The van der Waals surface area contributed by atoms with Crippen molar-refractivity contribution in [2.24, 2.45) is 0 Å². The minimum Gasteiger partial charge on any atom is -0.480 e. The highest BCUT2D eigenvalue weighted by Crippen LogP contribution is 2.33. The van der Waals surface area contributed by atoms with E-state index in [0.717, 1.165) is 6.07 Å². The van der Waals surface area contributed by atoms with Crippen LogP contribution in [0.15, 0.2) is 24.3 Å². The summed E-state index contributed by atoms with van der Waals surface area (Å²) in [4.78, 5) is 24.0. The van der Waals surface area contributed by atoms with E-state index in [4.69, 9.17) is 4.74 Å². The normalized spacial score (nSPS) is 12.7. The van der Waals surface area contributed by atoms with E-state index >= 15 is 0 Å². The molecule has 0 saturated carbocycles. The molecule has 0 spiro atoms. The smallest absolute Gasteiger partial charge is 0.328 e. The second-order valence-electron chi connectivity index (χ2n) is 4.34. The molecule has 1 atom stereocenters. The van der Waals surface area contributed by atoms with Gasteiger partial charge in [0.2, 0.25) is 0 Å². The number of carbonyl (C=O) groups is 2. The van der Waals surface area contributed by atoms with Gasteiger partial charge in [-0.1, -0.05) is 18.2 Å². The Bertz CT molecular complexity index is 585. The van der Waals surface area contributed by atoms with Crippen molar-refractivity contribution in [3.05, 3.63) is 35.6 Å². The van der Waals surface area contributed by atoms with Crippen LogP contribution in [0.3, 0.4) is 0 Å². The van der Waals surface area contributed by atoms with E-state index in [1.807, 2.05) is 0 Å². The summed E-state index contributed by atoms with van der Waals surface area (Å²) in [5.74, 6) is 2.16. The summed E-state index contributed by atoms with van der Waals surface area (Å²) in [7, 11) is 0. The highest BCUT2D eigenvalue weighted by Gasteiger charge is 2.50. The number of benzene rings is 1. The molecule has 5 heteroatoms. The molecule has 0 aromatic heterocycles. The van der Waals surface area contributed by atoms with Gasteiger partial charge in [0.25, 0.3) is 0 Å². The van der Waals surface area contributed by atoms with Gasteiger partial charge in [0.05, 0.1) is 6.61 Å². The number of rotatable bonds is 6. The molecule has 0 fully saturated rings. The van der Waals surface area contributed by atoms with Crippen molar-refractivity contribution in [2.45, 2.75) is 32.1 Å². The molecule has 0 aliphatic heterocycles. The predicted molar refractivity (Wildman–Crippen MR) is 75.0 cm³/mol. The number of halogens is 1. The van der Waals surface area contributed by atoms with Gasteiger partial charge in [0.1, 0.15) is 5.82 Å². The Morgan fingerprint density at radius 2 is 2.05 bits per heavy atom. The molecular formula is C16H17FO4. The van der Waals surface area contributed by atoms with E-state index in [1.165, 1.54) is 18.2 Å². The maximum Gasteiger partial charge on any atom is 0.328 e. The second kappa shape index (κ2) is 7.44. The van der Waals surface area contributed by atoms with Crippen molar-refractivity contribution < 1.29 is 23.8 Å². The topological polar surface area (TPSA) is 63.6 Å². The van der Waals surface area contributed by atoms with E-state index in [1.54, 1.807) is 13.8 Å². The minimum atomic E-state index is -2.08. The summed E-state index contributed by atoms with van der Waals surface area (Å²) in [6.45, 7) is 3.19.